The van der Waals surface area contributed by atoms with Crippen LogP contribution in [0.5, 0.6) is 0 Å². The van der Waals surface area contributed by atoms with Crippen LogP contribution in [0, 0.1) is 6.92 Å². The number of aromatic nitrogens is 1. The summed E-state index contributed by atoms with van der Waals surface area (Å²) in [6.45, 7) is 8.25. The summed E-state index contributed by atoms with van der Waals surface area (Å²) in [6.07, 6.45) is 0.616. The second-order valence-electron chi connectivity index (χ2n) is 7.00. The van der Waals surface area contributed by atoms with E-state index in [9.17, 15) is 13.2 Å². The third-order valence-corrected chi connectivity index (χ3v) is 7.27. The van der Waals surface area contributed by atoms with Crippen LogP contribution in [0.1, 0.15) is 42.4 Å². The van der Waals surface area contributed by atoms with E-state index >= 15 is 0 Å². The number of benzene rings is 2. The lowest BCUT2D eigenvalue weighted by molar-refractivity contribution is 0.102. The molecule has 0 aliphatic carbocycles. The summed E-state index contributed by atoms with van der Waals surface area (Å²) in [5.74, 6) is -0.292. The van der Waals surface area contributed by atoms with Crippen molar-refractivity contribution in [2.75, 3.05) is 18.4 Å². The average Bonchev–Trinajstić information content (AvgIpc) is 2.74. The lowest BCUT2D eigenvalue weighted by Gasteiger charge is -2.19. The molecule has 6 nitrogen and oxygen atoms in total. The van der Waals surface area contributed by atoms with Crippen LogP contribution in [-0.4, -0.2) is 36.7 Å². The number of amides is 1. The third-order valence-electron chi connectivity index (χ3n) is 5.22. The molecule has 1 N–H and O–H groups in total. The zero-order valence-electron chi connectivity index (χ0n) is 17.8. The number of anilines is 1. The molecule has 0 saturated carbocycles. The number of hydrogen-bond acceptors (Lipinski definition) is 4. The molecule has 0 unspecified atom stereocenters. The Morgan fingerprint density at radius 1 is 1.03 bits per heavy atom. The molecular formula is C23H27N3O3S. The number of carbonyl (C=O) groups is 1. The molecule has 3 rings (SSSR count). The van der Waals surface area contributed by atoms with Crippen molar-refractivity contribution in [2.24, 2.45) is 0 Å². The zero-order chi connectivity index (χ0) is 21.9. The number of para-hydroxylation sites is 1. The molecule has 30 heavy (non-hydrogen) atoms. The first-order valence-corrected chi connectivity index (χ1v) is 11.6. The van der Waals surface area contributed by atoms with E-state index in [1.807, 2.05) is 38.1 Å². The van der Waals surface area contributed by atoms with Gasteiger partial charge in [0.1, 0.15) is 0 Å². The molecule has 7 heteroatoms. The fourth-order valence-corrected chi connectivity index (χ4v) is 5.14. The monoisotopic (exact) mass is 425 g/mol. The van der Waals surface area contributed by atoms with Crippen molar-refractivity contribution in [3.63, 3.8) is 0 Å². The Bertz CT molecular complexity index is 1190. The summed E-state index contributed by atoms with van der Waals surface area (Å²) in [5, 5.41) is 3.79. The van der Waals surface area contributed by atoms with Gasteiger partial charge in [0.2, 0.25) is 10.0 Å². The molecule has 0 fully saturated rings. The van der Waals surface area contributed by atoms with Crippen molar-refractivity contribution >= 4 is 32.5 Å². The maximum Gasteiger partial charge on any atom is 0.257 e. The lowest BCUT2D eigenvalue weighted by Crippen LogP contribution is -2.30. The Kier molecular flexibility index (Phi) is 6.53. The van der Waals surface area contributed by atoms with Crippen LogP contribution in [0.4, 0.5) is 5.69 Å². The lowest BCUT2D eigenvalue weighted by atomic mass is 9.99. The number of fused-ring (bicyclic) bond motifs is 1. The summed E-state index contributed by atoms with van der Waals surface area (Å²) >= 11 is 0. The Labute approximate surface area is 178 Å². The number of hydrogen-bond donors (Lipinski definition) is 1. The Hall–Kier alpha value is -2.77. The first-order valence-electron chi connectivity index (χ1n) is 10.1. The number of rotatable bonds is 7. The van der Waals surface area contributed by atoms with Crippen LogP contribution in [0.25, 0.3) is 10.9 Å². The number of carbonyl (C=O) groups excluding carboxylic acids is 1. The van der Waals surface area contributed by atoms with Crippen LogP contribution in [0.15, 0.2) is 53.4 Å². The number of nitrogens with zero attached hydrogens (tertiary/aromatic N) is 2. The van der Waals surface area contributed by atoms with Crippen molar-refractivity contribution in [1.82, 2.24) is 9.29 Å². The van der Waals surface area contributed by atoms with Crippen LogP contribution >= 0.6 is 0 Å². The van der Waals surface area contributed by atoms with Gasteiger partial charge in [-0.05, 0) is 43.2 Å². The Morgan fingerprint density at radius 3 is 2.40 bits per heavy atom. The molecule has 0 aliphatic rings. The van der Waals surface area contributed by atoms with Crippen LogP contribution < -0.4 is 5.32 Å². The fourth-order valence-electron chi connectivity index (χ4n) is 3.64. The highest BCUT2D eigenvalue weighted by Crippen LogP contribution is 2.25. The normalized spacial score (nSPS) is 11.8. The molecule has 0 aliphatic heterocycles. The molecule has 0 spiro atoms. The van der Waals surface area contributed by atoms with Gasteiger partial charge in [-0.15, -0.1) is 0 Å². The van der Waals surface area contributed by atoms with E-state index in [4.69, 9.17) is 0 Å². The third kappa shape index (κ3) is 4.08. The van der Waals surface area contributed by atoms with Crippen molar-refractivity contribution in [2.45, 2.75) is 39.0 Å². The Balaban J connectivity index is 1.99. The average molecular weight is 426 g/mol. The minimum absolute atomic E-state index is 0.160. The SMILES string of the molecule is CCc1nc2ccccc2c(C)c1C(=O)Nc1cccc(S(=O)(=O)N(CC)CC)c1. The molecule has 0 bridgehead atoms. The maximum absolute atomic E-state index is 13.2. The summed E-state index contributed by atoms with van der Waals surface area (Å²) in [6, 6.07) is 14.1. The van der Waals surface area contributed by atoms with Gasteiger partial charge in [-0.25, -0.2) is 8.42 Å². The van der Waals surface area contributed by atoms with Crippen molar-refractivity contribution in [3.8, 4) is 0 Å². The van der Waals surface area contributed by atoms with E-state index in [0.717, 1.165) is 22.2 Å². The number of nitrogens with one attached hydrogen (secondary N) is 1. The van der Waals surface area contributed by atoms with Gasteiger partial charge >= 0.3 is 0 Å². The van der Waals surface area contributed by atoms with Crippen molar-refractivity contribution in [3.05, 3.63) is 65.4 Å². The maximum atomic E-state index is 13.2. The van der Waals surface area contributed by atoms with Crippen LogP contribution in [0.3, 0.4) is 0 Å². The smallest absolute Gasteiger partial charge is 0.257 e. The second kappa shape index (κ2) is 8.93. The first-order chi connectivity index (χ1) is 14.3. The molecule has 158 valence electrons. The molecule has 2 aromatic carbocycles. The van der Waals surface area contributed by atoms with E-state index in [-0.39, 0.29) is 10.8 Å². The number of sulfonamides is 1. The molecule has 0 radical (unpaired) electrons. The van der Waals surface area contributed by atoms with Gasteiger partial charge in [0.05, 0.1) is 21.7 Å². The predicted octanol–water partition coefficient (Wildman–Crippen LogP) is 4.39. The van der Waals surface area contributed by atoms with E-state index < -0.39 is 10.0 Å². The Morgan fingerprint density at radius 2 is 1.73 bits per heavy atom. The highest BCUT2D eigenvalue weighted by Gasteiger charge is 2.23. The highest BCUT2D eigenvalue weighted by molar-refractivity contribution is 7.89. The second-order valence-corrected chi connectivity index (χ2v) is 8.94. The van der Waals surface area contributed by atoms with Gasteiger partial charge < -0.3 is 5.32 Å². The van der Waals surface area contributed by atoms with Gasteiger partial charge in [0, 0.05) is 24.2 Å². The summed E-state index contributed by atoms with van der Waals surface area (Å²) in [7, 11) is -3.60. The molecular weight excluding hydrogens is 398 g/mol. The molecule has 0 atom stereocenters. The minimum atomic E-state index is -3.60. The number of pyridine rings is 1. The van der Waals surface area contributed by atoms with Crippen molar-refractivity contribution in [1.29, 1.82) is 0 Å². The summed E-state index contributed by atoms with van der Waals surface area (Å²) in [4.78, 5) is 18.0. The molecule has 3 aromatic rings. The minimum Gasteiger partial charge on any atom is -0.322 e. The topological polar surface area (TPSA) is 79.4 Å². The van der Waals surface area contributed by atoms with E-state index in [0.29, 0.717) is 30.8 Å². The fraction of sp³-hybridized carbons (Fsp3) is 0.304. The first kappa shape index (κ1) is 21.9. The van der Waals surface area contributed by atoms with Gasteiger partial charge in [0.15, 0.2) is 0 Å². The van der Waals surface area contributed by atoms with Crippen molar-refractivity contribution < 1.29 is 13.2 Å². The summed E-state index contributed by atoms with van der Waals surface area (Å²) in [5.41, 5.74) is 3.41. The molecule has 1 amide bonds. The summed E-state index contributed by atoms with van der Waals surface area (Å²) < 4.78 is 27.0. The van der Waals surface area contributed by atoms with Crippen LogP contribution in [0.2, 0.25) is 0 Å². The van der Waals surface area contributed by atoms with Crippen LogP contribution in [-0.2, 0) is 16.4 Å². The number of aryl methyl sites for hydroxylation is 2. The van der Waals surface area contributed by atoms with E-state index in [1.165, 1.54) is 10.4 Å². The van der Waals surface area contributed by atoms with Gasteiger partial charge in [-0.3, -0.25) is 9.78 Å². The molecule has 1 heterocycles. The largest absolute Gasteiger partial charge is 0.322 e. The predicted molar refractivity (Wildman–Crippen MR) is 120 cm³/mol. The molecule has 0 saturated heterocycles. The standard InChI is InChI=1S/C23H27N3O3S/c1-5-20-22(16(4)19-13-8-9-14-21(19)25-20)23(27)24-17-11-10-12-18(15-17)30(28,29)26(6-2)7-3/h8-15H,5-7H2,1-4H3,(H,24,27). The van der Waals surface area contributed by atoms with Gasteiger partial charge in [0.25, 0.3) is 5.91 Å². The molecule has 1 aromatic heterocycles. The van der Waals surface area contributed by atoms with E-state index in [2.05, 4.69) is 10.3 Å². The van der Waals surface area contributed by atoms with Gasteiger partial charge in [-0.2, -0.15) is 4.31 Å². The van der Waals surface area contributed by atoms with Gasteiger partial charge in [-0.1, -0.05) is 45.0 Å². The quantitative estimate of drug-likeness (QED) is 0.609. The van der Waals surface area contributed by atoms with E-state index in [1.54, 1.807) is 32.0 Å². The zero-order valence-corrected chi connectivity index (χ0v) is 18.6. The highest BCUT2D eigenvalue weighted by atomic mass is 32.2.